The zero-order valence-electron chi connectivity index (χ0n) is 12.2. The van der Waals surface area contributed by atoms with Crippen LogP contribution in [0, 0.1) is 0 Å². The lowest BCUT2D eigenvalue weighted by Crippen LogP contribution is -2.25. The zero-order chi connectivity index (χ0) is 14.8. The van der Waals surface area contributed by atoms with Crippen molar-refractivity contribution in [2.75, 3.05) is 25.4 Å². The third-order valence-corrected chi connectivity index (χ3v) is 4.15. The maximum Gasteiger partial charge on any atom is 0.328 e. The second-order valence-corrected chi connectivity index (χ2v) is 5.56. The fraction of sp³-hybridized carbons (Fsp3) is 0.438. The maximum absolute atomic E-state index is 10.6. The molecule has 1 N–H and O–H groups in total. The van der Waals surface area contributed by atoms with Crippen LogP contribution in [0.5, 0.6) is 0 Å². The van der Waals surface area contributed by atoms with E-state index in [1.54, 1.807) is 6.08 Å². The van der Waals surface area contributed by atoms with Crippen LogP contribution in [-0.4, -0.2) is 41.4 Å². The SMILES string of the molecule is CCN(CC)CCSCc1ccccc1C=CC(=O)O. The molecule has 0 amide bonds. The number of carboxylic acid groups (broad SMARTS) is 1. The molecule has 0 radical (unpaired) electrons. The molecule has 0 fully saturated rings. The van der Waals surface area contributed by atoms with E-state index in [1.807, 2.05) is 30.0 Å². The van der Waals surface area contributed by atoms with Crippen molar-refractivity contribution in [3.05, 3.63) is 41.5 Å². The summed E-state index contributed by atoms with van der Waals surface area (Å²) < 4.78 is 0. The number of carbonyl (C=O) groups is 1. The number of benzene rings is 1. The number of hydrogen-bond donors (Lipinski definition) is 1. The van der Waals surface area contributed by atoms with Crippen LogP contribution in [0.3, 0.4) is 0 Å². The number of carboxylic acids is 1. The molecule has 4 heteroatoms. The van der Waals surface area contributed by atoms with E-state index in [0.717, 1.165) is 36.7 Å². The predicted octanol–water partition coefficient (Wildman–Crippen LogP) is 3.36. The van der Waals surface area contributed by atoms with E-state index in [2.05, 4.69) is 24.8 Å². The lowest BCUT2D eigenvalue weighted by Gasteiger charge is -2.17. The van der Waals surface area contributed by atoms with E-state index < -0.39 is 5.97 Å². The molecule has 0 saturated heterocycles. The molecule has 0 aliphatic heterocycles. The van der Waals surface area contributed by atoms with Gasteiger partial charge in [0.1, 0.15) is 0 Å². The van der Waals surface area contributed by atoms with E-state index >= 15 is 0 Å². The summed E-state index contributed by atoms with van der Waals surface area (Å²) in [5.74, 6) is 1.11. The van der Waals surface area contributed by atoms with E-state index in [-0.39, 0.29) is 0 Å². The van der Waals surface area contributed by atoms with Crippen LogP contribution < -0.4 is 0 Å². The third-order valence-electron chi connectivity index (χ3n) is 3.16. The van der Waals surface area contributed by atoms with Crippen LogP contribution in [0.25, 0.3) is 6.08 Å². The summed E-state index contributed by atoms with van der Waals surface area (Å²) in [5.41, 5.74) is 2.18. The first-order valence-electron chi connectivity index (χ1n) is 6.96. The highest BCUT2D eigenvalue weighted by Gasteiger charge is 2.02. The first-order chi connectivity index (χ1) is 9.67. The second-order valence-electron chi connectivity index (χ2n) is 4.45. The molecule has 0 saturated carbocycles. The molecule has 0 aromatic heterocycles. The van der Waals surface area contributed by atoms with Gasteiger partial charge in [0.05, 0.1) is 0 Å². The molecule has 0 atom stereocenters. The molecule has 0 heterocycles. The maximum atomic E-state index is 10.6. The molecule has 0 unspecified atom stereocenters. The molecule has 20 heavy (non-hydrogen) atoms. The molecule has 0 spiro atoms. The second kappa shape index (κ2) is 9.61. The molecule has 3 nitrogen and oxygen atoms in total. The minimum absolute atomic E-state index is 0.908. The Balaban J connectivity index is 2.49. The highest BCUT2D eigenvalue weighted by atomic mass is 32.2. The highest BCUT2D eigenvalue weighted by Crippen LogP contribution is 2.18. The van der Waals surface area contributed by atoms with Gasteiger partial charge >= 0.3 is 5.97 Å². The molecular weight excluding hydrogens is 270 g/mol. The van der Waals surface area contributed by atoms with Gasteiger partial charge < -0.3 is 10.0 Å². The minimum Gasteiger partial charge on any atom is -0.478 e. The minimum atomic E-state index is -0.908. The fourth-order valence-electron chi connectivity index (χ4n) is 1.90. The lowest BCUT2D eigenvalue weighted by molar-refractivity contribution is -0.131. The summed E-state index contributed by atoms with van der Waals surface area (Å²) in [6, 6.07) is 7.95. The summed E-state index contributed by atoms with van der Waals surface area (Å²) in [5, 5.41) is 8.70. The lowest BCUT2D eigenvalue weighted by atomic mass is 10.1. The van der Waals surface area contributed by atoms with Crippen molar-refractivity contribution < 1.29 is 9.90 Å². The van der Waals surface area contributed by atoms with Gasteiger partial charge in [-0.1, -0.05) is 38.1 Å². The number of nitrogens with zero attached hydrogens (tertiary/aromatic N) is 1. The largest absolute Gasteiger partial charge is 0.478 e. The Morgan fingerprint density at radius 2 is 2.00 bits per heavy atom. The van der Waals surface area contributed by atoms with Crippen molar-refractivity contribution in [1.29, 1.82) is 0 Å². The van der Waals surface area contributed by atoms with Crippen molar-refractivity contribution in [3.8, 4) is 0 Å². The van der Waals surface area contributed by atoms with Gasteiger partial charge in [-0.25, -0.2) is 4.79 Å². The Morgan fingerprint density at radius 1 is 1.30 bits per heavy atom. The van der Waals surface area contributed by atoms with Gasteiger partial charge in [0.15, 0.2) is 0 Å². The predicted molar refractivity (Wildman–Crippen MR) is 87.1 cm³/mol. The number of thioether (sulfide) groups is 1. The smallest absolute Gasteiger partial charge is 0.328 e. The topological polar surface area (TPSA) is 40.5 Å². The fourth-order valence-corrected chi connectivity index (χ4v) is 2.92. The van der Waals surface area contributed by atoms with E-state index in [9.17, 15) is 4.79 Å². The van der Waals surface area contributed by atoms with Gasteiger partial charge in [-0.3, -0.25) is 0 Å². The summed E-state index contributed by atoms with van der Waals surface area (Å²) in [6.45, 7) is 7.65. The van der Waals surface area contributed by atoms with E-state index in [0.29, 0.717) is 0 Å². The van der Waals surface area contributed by atoms with Crippen LogP contribution >= 0.6 is 11.8 Å². The Morgan fingerprint density at radius 3 is 2.65 bits per heavy atom. The molecule has 0 aliphatic carbocycles. The average molecular weight is 293 g/mol. The van der Waals surface area contributed by atoms with Crippen LogP contribution in [0.1, 0.15) is 25.0 Å². The normalized spacial score (nSPS) is 11.3. The molecule has 110 valence electrons. The zero-order valence-corrected chi connectivity index (χ0v) is 13.0. The molecule has 1 aromatic carbocycles. The van der Waals surface area contributed by atoms with Crippen LogP contribution in [0.4, 0.5) is 0 Å². The molecule has 1 aromatic rings. The first kappa shape index (κ1) is 16.8. The third kappa shape index (κ3) is 6.26. The van der Waals surface area contributed by atoms with Crippen LogP contribution in [-0.2, 0) is 10.5 Å². The van der Waals surface area contributed by atoms with Gasteiger partial charge in [-0.2, -0.15) is 11.8 Å². The number of aliphatic carboxylic acids is 1. The van der Waals surface area contributed by atoms with E-state index in [4.69, 9.17) is 5.11 Å². The first-order valence-corrected chi connectivity index (χ1v) is 8.11. The number of hydrogen-bond acceptors (Lipinski definition) is 3. The van der Waals surface area contributed by atoms with Crippen molar-refractivity contribution in [3.63, 3.8) is 0 Å². The Kier molecular flexibility index (Phi) is 8.07. The summed E-state index contributed by atoms with van der Waals surface area (Å²) in [7, 11) is 0. The standard InChI is InChI=1S/C16H23NO2S/c1-3-17(4-2)11-12-20-13-15-8-6-5-7-14(15)9-10-16(18)19/h5-10H,3-4,11-13H2,1-2H3,(H,18,19). The Labute approximate surface area is 125 Å². The van der Waals surface area contributed by atoms with Gasteiger partial charge in [-0.15, -0.1) is 0 Å². The van der Waals surface area contributed by atoms with Crippen molar-refractivity contribution >= 4 is 23.8 Å². The summed E-state index contributed by atoms with van der Waals surface area (Å²) in [6.07, 6.45) is 2.86. The monoisotopic (exact) mass is 293 g/mol. The van der Waals surface area contributed by atoms with Crippen molar-refractivity contribution in [2.24, 2.45) is 0 Å². The van der Waals surface area contributed by atoms with Crippen molar-refractivity contribution in [2.45, 2.75) is 19.6 Å². The molecule has 1 rings (SSSR count). The van der Waals surface area contributed by atoms with Crippen molar-refractivity contribution in [1.82, 2.24) is 4.90 Å². The molecule has 0 aliphatic rings. The Bertz CT molecular complexity index is 442. The summed E-state index contributed by atoms with van der Waals surface area (Å²) >= 11 is 1.89. The summed E-state index contributed by atoms with van der Waals surface area (Å²) in [4.78, 5) is 13.0. The molecule has 0 bridgehead atoms. The Hall–Kier alpha value is -1.26. The highest BCUT2D eigenvalue weighted by molar-refractivity contribution is 7.98. The number of rotatable bonds is 9. The average Bonchev–Trinajstić information content (AvgIpc) is 2.46. The van der Waals surface area contributed by atoms with Crippen LogP contribution in [0.2, 0.25) is 0 Å². The van der Waals surface area contributed by atoms with Crippen LogP contribution in [0.15, 0.2) is 30.3 Å². The quantitative estimate of drug-likeness (QED) is 0.560. The van der Waals surface area contributed by atoms with Gasteiger partial charge in [-0.05, 0) is 30.3 Å². The van der Waals surface area contributed by atoms with Gasteiger partial charge in [0, 0.05) is 24.1 Å². The van der Waals surface area contributed by atoms with E-state index in [1.165, 1.54) is 11.6 Å². The molecular formula is C16H23NO2S. The van der Waals surface area contributed by atoms with Gasteiger partial charge in [0.2, 0.25) is 0 Å². The van der Waals surface area contributed by atoms with Gasteiger partial charge in [0.25, 0.3) is 0 Å².